The molecule has 0 bridgehead atoms. The Bertz CT molecular complexity index is 225. The summed E-state index contributed by atoms with van der Waals surface area (Å²) in [7, 11) is 1.82. The molecule has 0 spiro atoms. The van der Waals surface area contributed by atoms with Crippen LogP contribution >= 0.6 is 0 Å². The Balaban J connectivity index is 0.000000531. The summed E-state index contributed by atoms with van der Waals surface area (Å²) in [5.41, 5.74) is 1.97. The average molecular weight is 211 g/mol. The van der Waals surface area contributed by atoms with Gasteiger partial charge in [0.2, 0.25) is 0 Å². The van der Waals surface area contributed by atoms with E-state index in [0.29, 0.717) is 5.54 Å². The molecule has 0 aromatic carbocycles. The molecule has 0 aromatic heterocycles. The molecule has 0 aromatic rings. The van der Waals surface area contributed by atoms with E-state index >= 15 is 0 Å². The maximum Gasteiger partial charge on any atom is 0.0649 e. The van der Waals surface area contributed by atoms with Gasteiger partial charge in [0.15, 0.2) is 0 Å². The molecule has 2 saturated heterocycles. The Labute approximate surface area is 94.3 Å². The van der Waals surface area contributed by atoms with E-state index in [1.165, 1.54) is 32.4 Å². The van der Waals surface area contributed by atoms with E-state index in [2.05, 4.69) is 17.9 Å². The molecule has 2 fully saturated rings. The zero-order valence-corrected chi connectivity index (χ0v) is 10.7. The summed E-state index contributed by atoms with van der Waals surface area (Å²) in [5, 5.41) is 0. The van der Waals surface area contributed by atoms with Gasteiger partial charge in [-0.3, -0.25) is 4.90 Å². The largest absolute Gasteiger partial charge is 0.383 e. The van der Waals surface area contributed by atoms with E-state index in [1.54, 1.807) is 5.57 Å². The van der Waals surface area contributed by atoms with E-state index in [1.807, 2.05) is 21.0 Å². The molecule has 1 atom stereocenters. The number of allylic oxidation sites excluding steroid dienone is 1. The van der Waals surface area contributed by atoms with Crippen molar-refractivity contribution in [2.45, 2.75) is 45.6 Å². The number of hydrogen-bond acceptors (Lipinski definition) is 2. The summed E-state index contributed by atoms with van der Waals surface area (Å²) < 4.78 is 5.35. The van der Waals surface area contributed by atoms with Gasteiger partial charge in [-0.15, -0.1) is 0 Å². The van der Waals surface area contributed by atoms with Gasteiger partial charge in [0.05, 0.1) is 6.61 Å². The summed E-state index contributed by atoms with van der Waals surface area (Å²) in [5.74, 6) is 0. The van der Waals surface area contributed by atoms with Gasteiger partial charge >= 0.3 is 0 Å². The van der Waals surface area contributed by atoms with Gasteiger partial charge in [-0.1, -0.05) is 25.5 Å². The zero-order chi connectivity index (χ0) is 11.3. The summed E-state index contributed by atoms with van der Waals surface area (Å²) in [6, 6.07) is 0. The minimum atomic E-state index is 0.372. The van der Waals surface area contributed by atoms with Gasteiger partial charge in [-0.25, -0.2) is 0 Å². The first-order valence-electron chi connectivity index (χ1n) is 6.19. The first-order chi connectivity index (χ1) is 7.30. The van der Waals surface area contributed by atoms with Crippen LogP contribution < -0.4 is 0 Å². The van der Waals surface area contributed by atoms with Crippen LogP contribution in [0.25, 0.3) is 0 Å². The van der Waals surface area contributed by atoms with Crippen molar-refractivity contribution in [3.63, 3.8) is 0 Å². The van der Waals surface area contributed by atoms with Crippen molar-refractivity contribution < 1.29 is 4.74 Å². The second kappa shape index (κ2) is 5.66. The molecular formula is C13H25NO. The molecule has 0 saturated carbocycles. The number of nitrogens with zero attached hydrogens (tertiary/aromatic N) is 1. The monoisotopic (exact) mass is 211 g/mol. The highest BCUT2D eigenvalue weighted by atomic mass is 16.5. The second-order valence-electron chi connectivity index (χ2n) is 4.31. The maximum atomic E-state index is 5.35. The van der Waals surface area contributed by atoms with Crippen LogP contribution in [0.1, 0.15) is 40.0 Å². The highest BCUT2D eigenvalue weighted by Crippen LogP contribution is 2.41. The third-order valence-electron chi connectivity index (χ3n) is 3.51. The lowest BCUT2D eigenvalue weighted by Gasteiger charge is -2.30. The number of methoxy groups -OCH3 is 1. The molecule has 1 unspecified atom stereocenters. The molecule has 0 amide bonds. The summed E-state index contributed by atoms with van der Waals surface area (Å²) >= 11 is 0. The van der Waals surface area contributed by atoms with Gasteiger partial charge in [0.1, 0.15) is 0 Å². The first kappa shape index (κ1) is 12.7. The van der Waals surface area contributed by atoms with Crippen molar-refractivity contribution in [2.75, 3.05) is 26.8 Å². The van der Waals surface area contributed by atoms with E-state index in [4.69, 9.17) is 4.74 Å². The van der Waals surface area contributed by atoms with Crippen molar-refractivity contribution in [3.05, 3.63) is 11.6 Å². The number of fused-ring (bicyclic) bond motifs is 1. The molecule has 2 aliphatic heterocycles. The minimum Gasteiger partial charge on any atom is -0.383 e. The van der Waals surface area contributed by atoms with E-state index in [0.717, 1.165) is 6.61 Å². The lowest BCUT2D eigenvalue weighted by molar-refractivity contribution is 0.0656. The highest BCUT2D eigenvalue weighted by molar-refractivity contribution is 5.19. The molecule has 0 aliphatic carbocycles. The van der Waals surface area contributed by atoms with Gasteiger partial charge in [0.25, 0.3) is 0 Å². The van der Waals surface area contributed by atoms with Crippen molar-refractivity contribution in [1.29, 1.82) is 0 Å². The van der Waals surface area contributed by atoms with Crippen LogP contribution in [0.4, 0.5) is 0 Å². The van der Waals surface area contributed by atoms with Crippen LogP contribution in [-0.4, -0.2) is 37.2 Å². The number of rotatable bonds is 2. The maximum absolute atomic E-state index is 5.35. The number of ether oxygens (including phenoxy) is 1. The van der Waals surface area contributed by atoms with Crippen molar-refractivity contribution in [1.82, 2.24) is 4.90 Å². The molecule has 0 radical (unpaired) electrons. The van der Waals surface area contributed by atoms with E-state index in [-0.39, 0.29) is 0 Å². The molecule has 2 rings (SSSR count). The lowest BCUT2D eigenvalue weighted by Crippen LogP contribution is -2.42. The van der Waals surface area contributed by atoms with E-state index < -0.39 is 0 Å². The Morgan fingerprint density at radius 2 is 2.20 bits per heavy atom. The predicted octanol–water partition coefficient (Wildman–Crippen LogP) is 2.84. The molecule has 2 nitrogen and oxygen atoms in total. The highest BCUT2D eigenvalue weighted by Gasteiger charge is 2.45. The smallest absolute Gasteiger partial charge is 0.0649 e. The van der Waals surface area contributed by atoms with Crippen molar-refractivity contribution in [2.24, 2.45) is 0 Å². The third-order valence-corrected chi connectivity index (χ3v) is 3.51. The molecule has 2 heteroatoms. The first-order valence-corrected chi connectivity index (χ1v) is 6.19. The summed E-state index contributed by atoms with van der Waals surface area (Å²) in [4.78, 5) is 2.60. The van der Waals surface area contributed by atoms with Crippen LogP contribution in [0.15, 0.2) is 11.6 Å². The van der Waals surface area contributed by atoms with Crippen LogP contribution in [0.2, 0.25) is 0 Å². The van der Waals surface area contributed by atoms with Gasteiger partial charge in [-0.2, -0.15) is 0 Å². The Hall–Kier alpha value is -0.340. The minimum absolute atomic E-state index is 0.372. The fraction of sp³-hybridized carbons (Fsp3) is 0.846. The zero-order valence-electron chi connectivity index (χ0n) is 10.7. The Morgan fingerprint density at radius 1 is 1.47 bits per heavy atom. The molecule has 15 heavy (non-hydrogen) atoms. The fourth-order valence-corrected chi connectivity index (χ4v) is 2.84. The van der Waals surface area contributed by atoms with Crippen LogP contribution in [-0.2, 0) is 4.74 Å². The van der Waals surface area contributed by atoms with Crippen LogP contribution in [0.3, 0.4) is 0 Å². The van der Waals surface area contributed by atoms with Crippen LogP contribution in [0.5, 0.6) is 0 Å². The van der Waals surface area contributed by atoms with Gasteiger partial charge in [0, 0.05) is 19.2 Å². The normalized spacial score (nSPS) is 32.7. The van der Waals surface area contributed by atoms with Crippen molar-refractivity contribution >= 4 is 0 Å². The SMILES string of the molecule is C/C=C1\CN2CCCC2(COC)C1.CC. The molecule has 2 heterocycles. The van der Waals surface area contributed by atoms with Crippen LogP contribution in [0, 0.1) is 0 Å². The molecule has 88 valence electrons. The standard InChI is InChI=1S/C11H19NO.C2H6/c1-3-10-7-11(9-13-2)5-4-6-12(11)8-10;1-2/h3H,4-9H2,1-2H3;1-2H3/b10-3-;. The predicted molar refractivity (Wildman–Crippen MR) is 65.1 cm³/mol. The Kier molecular flexibility index (Phi) is 4.81. The second-order valence-corrected chi connectivity index (χ2v) is 4.31. The molecular weight excluding hydrogens is 186 g/mol. The lowest BCUT2D eigenvalue weighted by atomic mass is 9.93. The van der Waals surface area contributed by atoms with Gasteiger partial charge in [-0.05, 0) is 32.7 Å². The van der Waals surface area contributed by atoms with Gasteiger partial charge < -0.3 is 4.74 Å². The summed E-state index contributed by atoms with van der Waals surface area (Å²) in [6.07, 6.45) is 6.17. The molecule has 2 aliphatic rings. The quantitative estimate of drug-likeness (QED) is 0.651. The summed E-state index contributed by atoms with van der Waals surface area (Å²) in [6.45, 7) is 9.50. The fourth-order valence-electron chi connectivity index (χ4n) is 2.84. The van der Waals surface area contributed by atoms with E-state index in [9.17, 15) is 0 Å². The topological polar surface area (TPSA) is 12.5 Å². The Morgan fingerprint density at radius 3 is 2.80 bits per heavy atom. The third kappa shape index (κ3) is 2.43. The van der Waals surface area contributed by atoms with Crippen molar-refractivity contribution in [3.8, 4) is 0 Å². The average Bonchev–Trinajstić information content (AvgIpc) is 2.77. The molecule has 0 N–H and O–H groups in total. The number of hydrogen-bond donors (Lipinski definition) is 0.